The molecule has 2 aromatic carbocycles. The molecule has 2 N–H and O–H groups in total. The SMILES string of the molecule is CC[C@]12C[C@H]1C[C@@]1(C)[NH2+][C@@](C)(c3ccccc32)c2ccccc21. The second-order valence-electron chi connectivity index (χ2n) is 8.47. The Morgan fingerprint density at radius 3 is 2.09 bits per heavy atom. The number of fused-ring (bicyclic) bond motifs is 9. The first kappa shape index (κ1) is 13.8. The molecule has 2 aliphatic heterocycles. The van der Waals surface area contributed by atoms with Crippen LogP contribution in [0.15, 0.2) is 48.5 Å². The lowest BCUT2D eigenvalue weighted by atomic mass is 9.76. The molecule has 1 aliphatic carbocycles. The van der Waals surface area contributed by atoms with Crippen LogP contribution in [0.25, 0.3) is 0 Å². The maximum absolute atomic E-state index is 2.67. The number of hydrogen-bond donors (Lipinski definition) is 1. The van der Waals surface area contributed by atoms with Gasteiger partial charge in [-0.3, -0.25) is 0 Å². The molecule has 0 radical (unpaired) electrons. The van der Waals surface area contributed by atoms with Gasteiger partial charge in [0.05, 0.1) is 0 Å². The lowest BCUT2D eigenvalue weighted by Gasteiger charge is -2.35. The first-order valence-corrected chi connectivity index (χ1v) is 9.10. The van der Waals surface area contributed by atoms with Crippen LogP contribution >= 0.6 is 0 Å². The van der Waals surface area contributed by atoms with E-state index in [1.165, 1.54) is 24.8 Å². The van der Waals surface area contributed by atoms with Gasteiger partial charge in [-0.15, -0.1) is 0 Å². The molecule has 0 spiro atoms. The van der Waals surface area contributed by atoms with Crippen LogP contribution in [0.5, 0.6) is 0 Å². The monoisotopic (exact) mass is 304 g/mol. The first-order valence-electron chi connectivity index (χ1n) is 9.10. The summed E-state index contributed by atoms with van der Waals surface area (Å²) in [5.41, 5.74) is 7.00. The van der Waals surface area contributed by atoms with Crippen molar-refractivity contribution in [3.05, 3.63) is 70.8 Å². The summed E-state index contributed by atoms with van der Waals surface area (Å²) in [6, 6.07) is 18.5. The van der Waals surface area contributed by atoms with Crippen molar-refractivity contribution < 1.29 is 5.32 Å². The zero-order valence-corrected chi connectivity index (χ0v) is 14.4. The molecule has 1 nitrogen and oxygen atoms in total. The molecule has 5 rings (SSSR count). The molecule has 0 unspecified atom stereocenters. The zero-order valence-electron chi connectivity index (χ0n) is 14.4. The van der Waals surface area contributed by atoms with Gasteiger partial charge in [0.15, 0.2) is 0 Å². The first-order chi connectivity index (χ1) is 11.0. The summed E-state index contributed by atoms with van der Waals surface area (Å²) >= 11 is 0. The van der Waals surface area contributed by atoms with Gasteiger partial charge in [-0.25, -0.2) is 0 Å². The molecule has 3 aliphatic rings. The number of quaternary nitrogens is 1. The van der Waals surface area contributed by atoms with Crippen molar-refractivity contribution in [2.45, 2.75) is 56.5 Å². The normalized spacial score (nSPS) is 39.7. The Kier molecular flexibility index (Phi) is 2.45. The lowest BCUT2D eigenvalue weighted by Crippen LogP contribution is -2.99. The van der Waals surface area contributed by atoms with Crippen molar-refractivity contribution in [1.82, 2.24) is 0 Å². The summed E-state index contributed by atoms with van der Waals surface area (Å²) in [5.74, 6) is 0.839. The van der Waals surface area contributed by atoms with Gasteiger partial charge in [-0.2, -0.15) is 0 Å². The van der Waals surface area contributed by atoms with Gasteiger partial charge in [-0.05, 0) is 43.6 Å². The predicted molar refractivity (Wildman–Crippen MR) is 93.3 cm³/mol. The summed E-state index contributed by atoms with van der Waals surface area (Å²) < 4.78 is 0. The third kappa shape index (κ3) is 1.52. The van der Waals surface area contributed by atoms with Crippen LogP contribution in [0.3, 0.4) is 0 Å². The highest BCUT2D eigenvalue weighted by atomic mass is 15.1. The van der Waals surface area contributed by atoms with E-state index in [9.17, 15) is 0 Å². The second-order valence-corrected chi connectivity index (χ2v) is 8.47. The van der Waals surface area contributed by atoms with Gasteiger partial charge in [0.2, 0.25) is 0 Å². The quantitative estimate of drug-likeness (QED) is 0.825. The summed E-state index contributed by atoms with van der Waals surface area (Å²) in [6.45, 7) is 7.31. The molecule has 0 saturated heterocycles. The fourth-order valence-corrected chi connectivity index (χ4v) is 6.10. The molecule has 118 valence electrons. The van der Waals surface area contributed by atoms with Crippen LogP contribution in [0.2, 0.25) is 0 Å². The number of benzene rings is 2. The molecule has 0 amide bonds. The molecule has 2 heterocycles. The van der Waals surface area contributed by atoms with E-state index in [1.54, 1.807) is 16.7 Å². The Labute approximate surface area is 139 Å². The average molecular weight is 304 g/mol. The maximum Gasteiger partial charge on any atom is 0.146 e. The lowest BCUT2D eigenvalue weighted by molar-refractivity contribution is -0.783. The second kappa shape index (κ2) is 4.08. The standard InChI is InChI=1S/C22H25N/c1-4-22-14-15(22)13-20(2)16-9-5-6-10-17(16)21(3,23-20)18-11-7-8-12-19(18)22/h5-12,15,23H,4,13-14H2,1-3H3/p+1/t15-,20-,21-,22+/m1/s1. The summed E-state index contributed by atoms with van der Waals surface area (Å²) in [7, 11) is 0. The molecule has 23 heavy (non-hydrogen) atoms. The molecular weight excluding hydrogens is 278 g/mol. The van der Waals surface area contributed by atoms with E-state index in [0.29, 0.717) is 5.41 Å². The topological polar surface area (TPSA) is 16.6 Å². The van der Waals surface area contributed by atoms with Crippen LogP contribution in [-0.4, -0.2) is 0 Å². The fraction of sp³-hybridized carbons (Fsp3) is 0.455. The Hall–Kier alpha value is -1.60. The van der Waals surface area contributed by atoms with Gasteiger partial charge in [0, 0.05) is 23.1 Å². The van der Waals surface area contributed by atoms with Crippen LogP contribution in [0.1, 0.15) is 62.3 Å². The van der Waals surface area contributed by atoms with E-state index in [1.807, 2.05) is 0 Å². The average Bonchev–Trinajstić information content (AvgIpc) is 3.20. The van der Waals surface area contributed by atoms with E-state index >= 15 is 0 Å². The molecule has 1 fully saturated rings. The van der Waals surface area contributed by atoms with E-state index < -0.39 is 0 Å². The van der Waals surface area contributed by atoms with Crippen molar-refractivity contribution in [1.29, 1.82) is 0 Å². The number of hydrogen-bond acceptors (Lipinski definition) is 0. The maximum atomic E-state index is 2.67. The largest absolute Gasteiger partial charge is 0.326 e. The van der Waals surface area contributed by atoms with Gasteiger partial charge in [-0.1, -0.05) is 55.5 Å². The molecule has 0 aromatic heterocycles. The molecule has 4 atom stereocenters. The van der Waals surface area contributed by atoms with Crippen LogP contribution < -0.4 is 5.32 Å². The Balaban J connectivity index is 1.85. The van der Waals surface area contributed by atoms with Crippen molar-refractivity contribution in [3.63, 3.8) is 0 Å². The van der Waals surface area contributed by atoms with E-state index in [-0.39, 0.29) is 11.1 Å². The highest BCUT2D eigenvalue weighted by molar-refractivity contribution is 5.53. The van der Waals surface area contributed by atoms with Crippen LogP contribution in [-0.2, 0) is 16.5 Å². The predicted octanol–water partition coefficient (Wildman–Crippen LogP) is 3.81. The van der Waals surface area contributed by atoms with Crippen molar-refractivity contribution in [2.75, 3.05) is 0 Å². The summed E-state index contributed by atoms with van der Waals surface area (Å²) in [6.07, 6.45) is 3.96. The molecule has 2 aromatic rings. The van der Waals surface area contributed by atoms with Gasteiger partial charge in [0.1, 0.15) is 11.1 Å². The Morgan fingerprint density at radius 1 is 0.870 bits per heavy atom. The minimum Gasteiger partial charge on any atom is -0.326 e. The summed E-state index contributed by atoms with van der Waals surface area (Å²) in [5, 5.41) is 2.67. The van der Waals surface area contributed by atoms with Crippen LogP contribution in [0.4, 0.5) is 0 Å². The smallest absolute Gasteiger partial charge is 0.146 e. The van der Waals surface area contributed by atoms with Gasteiger partial charge < -0.3 is 5.32 Å². The third-order valence-corrected chi connectivity index (χ3v) is 7.27. The highest BCUT2D eigenvalue weighted by Gasteiger charge is 2.64. The molecule has 1 saturated carbocycles. The minimum absolute atomic E-state index is 0.0532. The number of rotatable bonds is 1. The summed E-state index contributed by atoms with van der Waals surface area (Å²) in [4.78, 5) is 0. The third-order valence-electron chi connectivity index (χ3n) is 7.27. The zero-order chi connectivity index (χ0) is 15.9. The Morgan fingerprint density at radius 2 is 1.43 bits per heavy atom. The Bertz CT molecular complexity index is 809. The van der Waals surface area contributed by atoms with E-state index in [0.717, 1.165) is 5.92 Å². The highest BCUT2D eigenvalue weighted by Crippen LogP contribution is 2.64. The van der Waals surface area contributed by atoms with E-state index in [4.69, 9.17) is 0 Å². The number of nitrogens with two attached hydrogens (primary N) is 1. The van der Waals surface area contributed by atoms with E-state index in [2.05, 4.69) is 74.6 Å². The fourth-order valence-electron chi connectivity index (χ4n) is 6.10. The van der Waals surface area contributed by atoms with Gasteiger partial charge >= 0.3 is 0 Å². The molecule has 1 heteroatoms. The van der Waals surface area contributed by atoms with Crippen molar-refractivity contribution >= 4 is 0 Å². The minimum atomic E-state index is 0.0532. The molecule has 2 bridgehead atoms. The van der Waals surface area contributed by atoms with Crippen molar-refractivity contribution in [2.24, 2.45) is 5.92 Å². The van der Waals surface area contributed by atoms with Crippen LogP contribution in [0, 0.1) is 5.92 Å². The molecular formula is C22H26N+. The van der Waals surface area contributed by atoms with Crippen molar-refractivity contribution in [3.8, 4) is 0 Å². The van der Waals surface area contributed by atoms with Gasteiger partial charge in [0.25, 0.3) is 0 Å².